The number of ether oxygens (including phenoxy) is 1. The Morgan fingerprint density at radius 1 is 1.27 bits per heavy atom. The van der Waals surface area contributed by atoms with Gasteiger partial charge in [0, 0.05) is 0 Å². The van der Waals surface area contributed by atoms with Crippen molar-refractivity contribution < 1.29 is 14.6 Å². The fraction of sp³-hybridized carbons (Fsp3) is 0.417. The first kappa shape index (κ1) is 10.2. The van der Waals surface area contributed by atoms with Gasteiger partial charge in [0.1, 0.15) is 6.10 Å². The lowest BCUT2D eigenvalue weighted by Gasteiger charge is -2.15. The molecule has 0 aliphatic heterocycles. The molecule has 0 aromatic heterocycles. The molecule has 80 valence electrons. The number of esters is 1. The number of aliphatic hydroxyl groups excluding tert-OH is 1. The molecule has 1 N–H and O–H groups in total. The van der Waals surface area contributed by atoms with Crippen molar-refractivity contribution >= 4 is 5.97 Å². The zero-order valence-corrected chi connectivity index (χ0v) is 8.43. The van der Waals surface area contributed by atoms with E-state index in [9.17, 15) is 9.90 Å². The van der Waals surface area contributed by atoms with E-state index < -0.39 is 6.10 Å². The Hall–Kier alpha value is -1.35. The standard InChI is InChI=1S/C12H14O3/c13-10-7-4-8-11(10)15-12(14)9-5-2-1-3-6-9/h1-3,5-6,10-11,13H,4,7-8H2/t10-,11-/m0/s1. The second-order valence-electron chi connectivity index (χ2n) is 3.81. The minimum atomic E-state index is -0.488. The van der Waals surface area contributed by atoms with E-state index in [1.807, 2.05) is 6.07 Å². The second-order valence-corrected chi connectivity index (χ2v) is 3.81. The molecular formula is C12H14O3. The molecule has 2 rings (SSSR count). The molecule has 2 atom stereocenters. The van der Waals surface area contributed by atoms with Crippen LogP contribution in [0.1, 0.15) is 29.6 Å². The van der Waals surface area contributed by atoms with E-state index >= 15 is 0 Å². The summed E-state index contributed by atoms with van der Waals surface area (Å²) < 4.78 is 5.22. The molecule has 1 fully saturated rings. The fourth-order valence-electron chi connectivity index (χ4n) is 1.82. The van der Waals surface area contributed by atoms with Gasteiger partial charge in [-0.25, -0.2) is 4.79 Å². The van der Waals surface area contributed by atoms with Gasteiger partial charge in [0.15, 0.2) is 0 Å². The van der Waals surface area contributed by atoms with Gasteiger partial charge in [0.05, 0.1) is 11.7 Å². The molecule has 15 heavy (non-hydrogen) atoms. The Balaban J connectivity index is 1.98. The van der Waals surface area contributed by atoms with Crippen LogP contribution in [0, 0.1) is 0 Å². The van der Waals surface area contributed by atoms with Crippen LogP contribution in [0.5, 0.6) is 0 Å². The molecule has 0 saturated heterocycles. The summed E-state index contributed by atoms with van der Waals surface area (Å²) in [5.74, 6) is -0.346. The van der Waals surface area contributed by atoms with Gasteiger partial charge in [-0.15, -0.1) is 0 Å². The summed E-state index contributed by atoms with van der Waals surface area (Å²) in [6.07, 6.45) is 1.61. The monoisotopic (exact) mass is 206 g/mol. The Labute approximate surface area is 88.7 Å². The molecule has 1 aromatic carbocycles. The minimum absolute atomic E-state index is 0.322. The molecular weight excluding hydrogens is 192 g/mol. The molecule has 0 heterocycles. The Morgan fingerprint density at radius 2 is 2.00 bits per heavy atom. The lowest BCUT2D eigenvalue weighted by Crippen LogP contribution is -2.25. The van der Waals surface area contributed by atoms with Crippen molar-refractivity contribution in [2.24, 2.45) is 0 Å². The summed E-state index contributed by atoms with van der Waals surface area (Å²) in [6, 6.07) is 8.86. The summed E-state index contributed by atoms with van der Waals surface area (Å²) >= 11 is 0. The smallest absolute Gasteiger partial charge is 0.338 e. The molecule has 0 amide bonds. The topological polar surface area (TPSA) is 46.5 Å². The molecule has 0 unspecified atom stereocenters. The van der Waals surface area contributed by atoms with Crippen LogP contribution in [0.15, 0.2) is 30.3 Å². The van der Waals surface area contributed by atoms with Crippen LogP contribution in [0.2, 0.25) is 0 Å². The molecule has 0 bridgehead atoms. The third-order valence-electron chi connectivity index (χ3n) is 2.69. The average Bonchev–Trinajstić information content (AvgIpc) is 2.66. The summed E-state index contributed by atoms with van der Waals surface area (Å²) in [6.45, 7) is 0. The predicted molar refractivity (Wildman–Crippen MR) is 55.5 cm³/mol. The first-order valence-corrected chi connectivity index (χ1v) is 5.21. The maximum Gasteiger partial charge on any atom is 0.338 e. The van der Waals surface area contributed by atoms with Crippen molar-refractivity contribution in [1.82, 2.24) is 0 Å². The SMILES string of the molecule is O=C(O[C@H]1CCC[C@@H]1O)c1ccccc1. The van der Waals surface area contributed by atoms with E-state index in [2.05, 4.69) is 0 Å². The highest BCUT2D eigenvalue weighted by atomic mass is 16.6. The summed E-state index contributed by atoms with van der Waals surface area (Å²) in [4.78, 5) is 11.6. The molecule has 1 aliphatic carbocycles. The van der Waals surface area contributed by atoms with E-state index in [0.29, 0.717) is 5.56 Å². The second kappa shape index (κ2) is 4.45. The lowest BCUT2D eigenvalue weighted by molar-refractivity contribution is -0.00484. The Bertz CT molecular complexity index is 334. The third kappa shape index (κ3) is 2.36. The first-order valence-electron chi connectivity index (χ1n) is 5.21. The highest BCUT2D eigenvalue weighted by Gasteiger charge is 2.28. The van der Waals surface area contributed by atoms with Crippen molar-refractivity contribution in [1.29, 1.82) is 0 Å². The number of carbonyl (C=O) groups excluding carboxylic acids is 1. The van der Waals surface area contributed by atoms with Crippen molar-refractivity contribution in [3.8, 4) is 0 Å². The molecule has 1 aliphatic rings. The normalized spacial score (nSPS) is 25.1. The van der Waals surface area contributed by atoms with E-state index in [1.54, 1.807) is 24.3 Å². The maximum absolute atomic E-state index is 11.6. The summed E-state index contributed by atoms with van der Waals surface area (Å²) in [5, 5.41) is 9.51. The number of hydrogen-bond acceptors (Lipinski definition) is 3. The van der Waals surface area contributed by atoms with Crippen LogP contribution >= 0.6 is 0 Å². The number of benzene rings is 1. The van der Waals surface area contributed by atoms with Gasteiger partial charge in [0.2, 0.25) is 0 Å². The van der Waals surface area contributed by atoms with E-state index in [0.717, 1.165) is 19.3 Å². The quantitative estimate of drug-likeness (QED) is 0.750. The number of aliphatic hydroxyl groups is 1. The van der Waals surface area contributed by atoms with Gasteiger partial charge in [-0.2, -0.15) is 0 Å². The van der Waals surface area contributed by atoms with Crippen LogP contribution in [-0.4, -0.2) is 23.3 Å². The van der Waals surface area contributed by atoms with Crippen LogP contribution < -0.4 is 0 Å². The largest absolute Gasteiger partial charge is 0.456 e. The first-order chi connectivity index (χ1) is 7.27. The third-order valence-corrected chi connectivity index (χ3v) is 2.69. The maximum atomic E-state index is 11.6. The van der Waals surface area contributed by atoms with Gasteiger partial charge < -0.3 is 9.84 Å². The van der Waals surface area contributed by atoms with E-state index in [4.69, 9.17) is 4.74 Å². The molecule has 1 saturated carbocycles. The van der Waals surface area contributed by atoms with Crippen LogP contribution in [0.25, 0.3) is 0 Å². The molecule has 3 heteroatoms. The average molecular weight is 206 g/mol. The Kier molecular flexibility index (Phi) is 3.02. The summed E-state index contributed by atoms with van der Waals surface area (Å²) in [7, 11) is 0. The van der Waals surface area contributed by atoms with Gasteiger partial charge in [0.25, 0.3) is 0 Å². The molecule has 0 radical (unpaired) electrons. The Morgan fingerprint density at radius 3 is 2.60 bits per heavy atom. The van der Waals surface area contributed by atoms with Gasteiger partial charge in [-0.3, -0.25) is 0 Å². The van der Waals surface area contributed by atoms with Gasteiger partial charge in [-0.1, -0.05) is 18.2 Å². The molecule has 0 spiro atoms. The zero-order chi connectivity index (χ0) is 10.7. The van der Waals surface area contributed by atoms with Crippen LogP contribution in [0.4, 0.5) is 0 Å². The van der Waals surface area contributed by atoms with E-state index in [1.165, 1.54) is 0 Å². The minimum Gasteiger partial charge on any atom is -0.456 e. The van der Waals surface area contributed by atoms with Crippen molar-refractivity contribution in [3.05, 3.63) is 35.9 Å². The van der Waals surface area contributed by atoms with Crippen molar-refractivity contribution in [2.45, 2.75) is 31.5 Å². The lowest BCUT2D eigenvalue weighted by atomic mass is 10.2. The fourth-order valence-corrected chi connectivity index (χ4v) is 1.82. The van der Waals surface area contributed by atoms with Gasteiger partial charge >= 0.3 is 5.97 Å². The van der Waals surface area contributed by atoms with Gasteiger partial charge in [-0.05, 0) is 31.4 Å². The number of hydrogen-bond donors (Lipinski definition) is 1. The van der Waals surface area contributed by atoms with E-state index in [-0.39, 0.29) is 12.1 Å². The predicted octanol–water partition coefficient (Wildman–Crippen LogP) is 1.76. The van der Waals surface area contributed by atoms with Crippen LogP contribution in [-0.2, 0) is 4.74 Å². The van der Waals surface area contributed by atoms with Crippen LogP contribution in [0.3, 0.4) is 0 Å². The molecule has 1 aromatic rings. The number of carbonyl (C=O) groups is 1. The zero-order valence-electron chi connectivity index (χ0n) is 8.43. The summed E-state index contributed by atoms with van der Waals surface area (Å²) in [5.41, 5.74) is 0.539. The van der Waals surface area contributed by atoms with Crippen molar-refractivity contribution in [3.63, 3.8) is 0 Å². The number of rotatable bonds is 2. The van der Waals surface area contributed by atoms with Crippen molar-refractivity contribution in [2.75, 3.05) is 0 Å². The highest BCUT2D eigenvalue weighted by Crippen LogP contribution is 2.22. The highest BCUT2D eigenvalue weighted by molar-refractivity contribution is 5.89. The molecule has 3 nitrogen and oxygen atoms in total.